The van der Waals surface area contributed by atoms with Crippen molar-refractivity contribution in [3.63, 3.8) is 0 Å². The molecule has 1 fully saturated rings. The zero-order valence-corrected chi connectivity index (χ0v) is 13.8. The van der Waals surface area contributed by atoms with Crippen molar-refractivity contribution in [2.24, 2.45) is 5.92 Å². The fraction of sp³-hybridized carbons (Fsp3) is 0.750. The average molecular weight is 347 g/mol. The Morgan fingerprint density at radius 3 is 2.67 bits per heavy atom. The van der Waals surface area contributed by atoms with E-state index in [1.54, 1.807) is 6.20 Å². The van der Waals surface area contributed by atoms with E-state index in [1.807, 2.05) is 6.92 Å². The third-order valence-corrected chi connectivity index (χ3v) is 4.17. The van der Waals surface area contributed by atoms with Gasteiger partial charge in [-0.2, -0.15) is 13.2 Å². The predicted octanol–water partition coefficient (Wildman–Crippen LogP) is 2.93. The normalized spacial score (nSPS) is 18.0. The molecule has 1 aliphatic rings. The summed E-state index contributed by atoms with van der Waals surface area (Å²) in [6.07, 6.45) is -0.685. The van der Waals surface area contributed by atoms with Gasteiger partial charge in [-0.05, 0) is 32.6 Å². The van der Waals surface area contributed by atoms with Gasteiger partial charge in [-0.3, -0.25) is 4.98 Å². The third kappa shape index (κ3) is 5.90. The number of rotatable bonds is 7. The highest BCUT2D eigenvalue weighted by Gasteiger charge is 2.27. The van der Waals surface area contributed by atoms with Crippen molar-refractivity contribution in [2.75, 3.05) is 24.6 Å². The molecule has 0 bridgehead atoms. The van der Waals surface area contributed by atoms with Gasteiger partial charge in [0.05, 0.1) is 11.9 Å². The van der Waals surface area contributed by atoms with Crippen molar-refractivity contribution in [1.82, 2.24) is 9.97 Å². The van der Waals surface area contributed by atoms with E-state index in [0.29, 0.717) is 18.1 Å². The van der Waals surface area contributed by atoms with E-state index in [0.717, 1.165) is 25.9 Å². The summed E-state index contributed by atoms with van der Waals surface area (Å²) in [6, 6.07) is 0. The summed E-state index contributed by atoms with van der Waals surface area (Å²) in [5.41, 5.74) is 0.577. The molecule has 1 unspecified atom stereocenters. The molecule has 1 aromatic heterocycles. The largest absolute Gasteiger partial charge is 0.389 e. The van der Waals surface area contributed by atoms with Crippen LogP contribution in [0.25, 0.3) is 0 Å². The van der Waals surface area contributed by atoms with E-state index in [9.17, 15) is 18.3 Å². The Labute approximate surface area is 139 Å². The summed E-state index contributed by atoms with van der Waals surface area (Å²) < 4.78 is 41.9. The summed E-state index contributed by atoms with van der Waals surface area (Å²) in [5.74, 6) is 0.785. The number of nitrogens with zero attached hydrogens (tertiary/aromatic N) is 3. The van der Waals surface area contributed by atoms with Crippen LogP contribution in [0, 0.1) is 5.92 Å². The molecule has 2 rings (SSSR count). The molecule has 0 radical (unpaired) electrons. The average Bonchev–Trinajstić information content (AvgIpc) is 2.54. The Morgan fingerprint density at radius 2 is 2.04 bits per heavy atom. The first-order chi connectivity index (χ1) is 11.4. The number of alkyl halides is 3. The Balaban J connectivity index is 1.86. The lowest BCUT2D eigenvalue weighted by Crippen LogP contribution is -2.39. The molecule has 24 heavy (non-hydrogen) atoms. The zero-order valence-electron chi connectivity index (χ0n) is 13.8. The Bertz CT molecular complexity index is 506. The molecule has 136 valence electrons. The lowest BCUT2D eigenvalue weighted by molar-refractivity contribution is -0.135. The van der Waals surface area contributed by atoms with Crippen molar-refractivity contribution in [3.05, 3.63) is 18.1 Å². The molecular weight excluding hydrogens is 323 g/mol. The van der Waals surface area contributed by atoms with Crippen LogP contribution >= 0.6 is 0 Å². The summed E-state index contributed by atoms with van der Waals surface area (Å²) >= 11 is 0. The fourth-order valence-electron chi connectivity index (χ4n) is 2.86. The molecule has 1 aliphatic heterocycles. The van der Waals surface area contributed by atoms with Gasteiger partial charge in [-0.25, -0.2) is 4.98 Å². The lowest BCUT2D eigenvalue weighted by Gasteiger charge is -2.34. The molecule has 1 saturated heterocycles. The van der Waals surface area contributed by atoms with Crippen molar-refractivity contribution in [1.29, 1.82) is 0 Å². The van der Waals surface area contributed by atoms with Crippen LogP contribution in [0.3, 0.4) is 0 Å². The van der Waals surface area contributed by atoms with Gasteiger partial charge in [-0.1, -0.05) is 0 Å². The number of ether oxygens (including phenoxy) is 1. The van der Waals surface area contributed by atoms with Gasteiger partial charge in [0.25, 0.3) is 0 Å². The van der Waals surface area contributed by atoms with Gasteiger partial charge in [0.15, 0.2) is 6.29 Å². The van der Waals surface area contributed by atoms with Crippen molar-refractivity contribution in [2.45, 2.75) is 51.5 Å². The Hall–Kier alpha value is -1.41. The second-order valence-electron chi connectivity index (χ2n) is 6.01. The SMILES string of the molecule is CCOC(O)C1CCN(c2cncc(CCCC(F)(F)F)n2)CC1. The molecule has 1 N–H and O–H groups in total. The maximum Gasteiger partial charge on any atom is 0.389 e. The van der Waals surface area contributed by atoms with Crippen LogP contribution in [-0.4, -0.2) is 47.2 Å². The summed E-state index contributed by atoms with van der Waals surface area (Å²) in [4.78, 5) is 10.6. The van der Waals surface area contributed by atoms with Crippen LogP contribution in [0.15, 0.2) is 12.4 Å². The Kier molecular flexibility index (Phi) is 6.79. The topological polar surface area (TPSA) is 58.5 Å². The molecular formula is C16H24F3N3O2. The molecule has 1 atom stereocenters. The minimum absolute atomic E-state index is 0.0181. The van der Waals surface area contributed by atoms with Crippen molar-refractivity contribution < 1.29 is 23.0 Å². The van der Waals surface area contributed by atoms with Gasteiger partial charge < -0.3 is 14.7 Å². The van der Waals surface area contributed by atoms with Crippen LogP contribution in [0.4, 0.5) is 19.0 Å². The van der Waals surface area contributed by atoms with E-state index >= 15 is 0 Å². The number of halogens is 3. The Morgan fingerprint density at radius 1 is 1.33 bits per heavy atom. The first-order valence-electron chi connectivity index (χ1n) is 8.31. The molecule has 0 aliphatic carbocycles. The summed E-state index contributed by atoms with van der Waals surface area (Å²) in [5, 5.41) is 9.88. The van der Waals surface area contributed by atoms with Crippen molar-refractivity contribution >= 4 is 5.82 Å². The van der Waals surface area contributed by atoms with Crippen LogP contribution < -0.4 is 4.90 Å². The van der Waals surface area contributed by atoms with Gasteiger partial charge in [0.1, 0.15) is 5.82 Å². The molecule has 0 aromatic carbocycles. The zero-order chi connectivity index (χ0) is 17.6. The van der Waals surface area contributed by atoms with Gasteiger partial charge in [0.2, 0.25) is 0 Å². The molecule has 5 nitrogen and oxygen atoms in total. The number of aliphatic hydroxyl groups excluding tert-OH is 1. The summed E-state index contributed by atoms with van der Waals surface area (Å²) in [6.45, 7) is 3.76. The number of piperidine rings is 1. The fourth-order valence-corrected chi connectivity index (χ4v) is 2.86. The molecule has 0 amide bonds. The number of hydrogen-bond acceptors (Lipinski definition) is 5. The van der Waals surface area contributed by atoms with Gasteiger partial charge in [0, 0.05) is 38.2 Å². The summed E-state index contributed by atoms with van der Waals surface area (Å²) in [7, 11) is 0. The highest BCUT2D eigenvalue weighted by molar-refractivity contribution is 5.36. The second-order valence-corrected chi connectivity index (χ2v) is 6.01. The quantitative estimate of drug-likeness (QED) is 0.769. The van der Waals surface area contributed by atoms with Crippen LogP contribution in [0.5, 0.6) is 0 Å². The molecule has 0 saturated carbocycles. The highest BCUT2D eigenvalue weighted by atomic mass is 19.4. The minimum Gasteiger partial charge on any atom is -0.368 e. The predicted molar refractivity (Wildman–Crippen MR) is 83.6 cm³/mol. The lowest BCUT2D eigenvalue weighted by atomic mass is 9.96. The number of aromatic nitrogens is 2. The van der Waals surface area contributed by atoms with Crippen LogP contribution in [-0.2, 0) is 11.2 Å². The molecule has 0 spiro atoms. The van der Waals surface area contributed by atoms with Gasteiger partial charge >= 0.3 is 6.18 Å². The van der Waals surface area contributed by atoms with Crippen molar-refractivity contribution in [3.8, 4) is 0 Å². The molecule has 8 heteroatoms. The first-order valence-corrected chi connectivity index (χ1v) is 8.31. The molecule has 1 aromatic rings. The molecule has 2 heterocycles. The van der Waals surface area contributed by atoms with Crippen LogP contribution in [0.1, 0.15) is 38.3 Å². The highest BCUT2D eigenvalue weighted by Crippen LogP contribution is 2.25. The van der Waals surface area contributed by atoms with E-state index in [-0.39, 0.29) is 18.8 Å². The van der Waals surface area contributed by atoms with E-state index < -0.39 is 18.9 Å². The minimum atomic E-state index is -4.13. The number of hydrogen-bond donors (Lipinski definition) is 1. The van der Waals surface area contributed by atoms with E-state index in [4.69, 9.17) is 4.74 Å². The standard InChI is InChI=1S/C16H24F3N3O2/c1-2-24-15(23)12-5-8-22(9-6-12)14-11-20-10-13(21-14)4-3-7-16(17,18)19/h10-12,15,23H,2-9H2,1H3. The smallest absolute Gasteiger partial charge is 0.368 e. The van der Waals surface area contributed by atoms with E-state index in [2.05, 4.69) is 14.9 Å². The maximum atomic E-state index is 12.2. The second kappa shape index (κ2) is 8.62. The van der Waals surface area contributed by atoms with E-state index in [1.165, 1.54) is 6.20 Å². The number of aliphatic hydroxyl groups is 1. The third-order valence-electron chi connectivity index (χ3n) is 4.17. The maximum absolute atomic E-state index is 12.2. The van der Waals surface area contributed by atoms with Gasteiger partial charge in [-0.15, -0.1) is 0 Å². The monoisotopic (exact) mass is 347 g/mol. The van der Waals surface area contributed by atoms with Crippen LogP contribution in [0.2, 0.25) is 0 Å². The first kappa shape index (κ1) is 18.9. The number of aryl methyl sites for hydroxylation is 1. The number of anilines is 1.